The van der Waals surface area contributed by atoms with Crippen molar-refractivity contribution in [3.05, 3.63) is 0 Å². The van der Waals surface area contributed by atoms with E-state index in [4.69, 9.17) is 4.74 Å². The number of alkyl halides is 6. The third-order valence-electron chi connectivity index (χ3n) is 5.63. The molecule has 1 heterocycles. The van der Waals surface area contributed by atoms with Gasteiger partial charge in [0.15, 0.2) is 0 Å². The van der Waals surface area contributed by atoms with Gasteiger partial charge in [0.05, 0.1) is 10.8 Å². The minimum absolute atomic E-state index is 0.0656. The molecular weight excluding hydrogens is 480 g/mol. The minimum Gasteiger partial charge on any atom is -0.444 e. The van der Waals surface area contributed by atoms with Gasteiger partial charge < -0.3 is 20.3 Å². The van der Waals surface area contributed by atoms with Crippen molar-refractivity contribution in [3.63, 3.8) is 0 Å². The maximum Gasteiger partial charge on any atom is 0.407 e. The van der Waals surface area contributed by atoms with E-state index in [9.17, 15) is 35.9 Å². The van der Waals surface area contributed by atoms with Crippen LogP contribution in [0.5, 0.6) is 0 Å². The molecule has 0 unspecified atom stereocenters. The number of carbonyl (C=O) groups excluding carboxylic acids is 2. The molecule has 1 aliphatic rings. The van der Waals surface area contributed by atoms with E-state index in [1.807, 2.05) is 0 Å². The molecule has 0 aromatic carbocycles. The summed E-state index contributed by atoms with van der Waals surface area (Å²) in [6.45, 7) is 11.6. The molecule has 0 aromatic heterocycles. The van der Waals surface area contributed by atoms with Crippen LogP contribution in [0, 0.1) is 10.8 Å². The van der Waals surface area contributed by atoms with E-state index < -0.39 is 34.9 Å². The third kappa shape index (κ3) is 13.1. The molecule has 0 aliphatic carbocycles. The van der Waals surface area contributed by atoms with Crippen LogP contribution in [0.1, 0.15) is 80.6 Å². The Morgan fingerprint density at radius 1 is 0.886 bits per heavy atom. The summed E-state index contributed by atoms with van der Waals surface area (Å²) in [6.07, 6.45) is -7.06. The highest BCUT2D eigenvalue weighted by atomic mass is 19.4. The number of nitrogens with zero attached hydrogens (tertiary/aromatic N) is 1. The Hall–Kier alpha value is -1.88. The second-order valence-electron chi connectivity index (χ2n) is 11.0. The molecule has 35 heavy (non-hydrogen) atoms. The third-order valence-corrected chi connectivity index (χ3v) is 5.63. The largest absolute Gasteiger partial charge is 0.444 e. The molecule has 0 radical (unpaired) electrons. The zero-order valence-corrected chi connectivity index (χ0v) is 21.8. The van der Waals surface area contributed by atoms with E-state index >= 15 is 0 Å². The van der Waals surface area contributed by atoms with Crippen molar-refractivity contribution in [2.24, 2.45) is 10.8 Å². The Morgan fingerprint density at radius 2 is 1.40 bits per heavy atom. The van der Waals surface area contributed by atoms with Gasteiger partial charge >= 0.3 is 24.5 Å². The van der Waals surface area contributed by atoms with E-state index in [-0.39, 0.29) is 25.4 Å². The predicted octanol–water partition coefficient (Wildman–Crippen LogP) is 6.65. The lowest BCUT2D eigenvalue weighted by atomic mass is 9.86. The van der Waals surface area contributed by atoms with Crippen molar-refractivity contribution >= 4 is 12.1 Å². The van der Waals surface area contributed by atoms with Gasteiger partial charge in [0.25, 0.3) is 0 Å². The van der Waals surface area contributed by atoms with E-state index in [1.54, 1.807) is 20.8 Å². The lowest BCUT2D eigenvalue weighted by Gasteiger charge is -2.29. The van der Waals surface area contributed by atoms with Crippen LogP contribution >= 0.6 is 0 Å². The van der Waals surface area contributed by atoms with Crippen LogP contribution in [-0.4, -0.2) is 61.2 Å². The summed E-state index contributed by atoms with van der Waals surface area (Å²) in [4.78, 5) is 23.8. The van der Waals surface area contributed by atoms with Gasteiger partial charge in [0.1, 0.15) is 5.60 Å². The van der Waals surface area contributed by atoms with Crippen LogP contribution < -0.4 is 10.6 Å². The smallest absolute Gasteiger partial charge is 0.407 e. The van der Waals surface area contributed by atoms with Crippen LogP contribution in [0.2, 0.25) is 0 Å². The maximum atomic E-state index is 12.6. The Balaban J connectivity index is 0.000000686. The molecule has 0 saturated carbocycles. The molecule has 1 fully saturated rings. The lowest BCUT2D eigenvalue weighted by Crippen LogP contribution is -2.37. The van der Waals surface area contributed by atoms with E-state index in [0.717, 1.165) is 13.8 Å². The van der Waals surface area contributed by atoms with Gasteiger partial charge in [-0.3, -0.25) is 0 Å². The zero-order chi connectivity index (χ0) is 27.7. The minimum atomic E-state index is -4.22. The number of urea groups is 1. The Labute approximate surface area is 204 Å². The molecule has 1 saturated heterocycles. The van der Waals surface area contributed by atoms with Crippen LogP contribution in [0.3, 0.4) is 0 Å². The quantitative estimate of drug-likeness (QED) is 0.264. The van der Waals surface area contributed by atoms with E-state index in [1.165, 1.54) is 18.7 Å². The molecule has 12 heteroatoms. The topological polar surface area (TPSA) is 70.7 Å². The number of hydrogen-bond donors (Lipinski definition) is 2. The number of nitrogens with one attached hydrogen (secondary N) is 2. The second-order valence-corrected chi connectivity index (χ2v) is 11.0. The fourth-order valence-corrected chi connectivity index (χ4v) is 2.80. The summed E-state index contributed by atoms with van der Waals surface area (Å²) in [6, 6.07) is -0.270. The van der Waals surface area contributed by atoms with Gasteiger partial charge in [0, 0.05) is 26.2 Å². The van der Waals surface area contributed by atoms with Crippen molar-refractivity contribution in [3.8, 4) is 0 Å². The molecule has 1 aliphatic heterocycles. The fraction of sp³-hybridized carbons (Fsp3) is 0.913. The van der Waals surface area contributed by atoms with Crippen LogP contribution in [-0.2, 0) is 4.74 Å². The zero-order valence-electron chi connectivity index (χ0n) is 21.8. The molecule has 6 nitrogen and oxygen atoms in total. The lowest BCUT2D eigenvalue weighted by molar-refractivity contribution is -0.214. The molecule has 1 rings (SSSR count). The first-order valence-corrected chi connectivity index (χ1v) is 11.7. The number of alkyl carbamates (subject to hydrolysis) is 1. The highest BCUT2D eigenvalue weighted by Crippen LogP contribution is 2.41. The Bertz CT molecular complexity index is 671. The van der Waals surface area contributed by atoms with Gasteiger partial charge in [-0.1, -0.05) is 40.5 Å². The van der Waals surface area contributed by atoms with Crippen LogP contribution in [0.25, 0.3) is 0 Å². The van der Waals surface area contributed by atoms with Crippen molar-refractivity contribution in [2.75, 3.05) is 26.2 Å². The molecule has 0 atom stereocenters. The van der Waals surface area contributed by atoms with Crippen molar-refractivity contribution in [1.82, 2.24) is 15.5 Å². The molecule has 208 valence electrons. The second kappa shape index (κ2) is 12.9. The first-order valence-electron chi connectivity index (χ1n) is 11.7. The van der Waals surface area contributed by atoms with Gasteiger partial charge in [-0.2, -0.15) is 26.3 Å². The number of unbranched alkanes of at least 4 members (excludes halogenated alkanes) is 2. The normalized spacial score (nSPS) is 15.3. The van der Waals surface area contributed by atoms with Gasteiger partial charge in [-0.15, -0.1) is 0 Å². The number of halogens is 6. The number of hydrogen-bond acceptors (Lipinski definition) is 3. The monoisotopic (exact) mass is 521 g/mol. The Morgan fingerprint density at radius 3 is 1.83 bits per heavy atom. The molecular formula is C23H41F6N3O3. The average molecular weight is 522 g/mol. The summed E-state index contributed by atoms with van der Waals surface area (Å²) in [5.41, 5.74) is -3.93. The predicted molar refractivity (Wildman–Crippen MR) is 122 cm³/mol. The Kier molecular flexibility index (Phi) is 12.2. The number of carbonyl (C=O) groups is 2. The molecule has 0 bridgehead atoms. The number of amides is 3. The fourth-order valence-electron chi connectivity index (χ4n) is 2.80. The number of ether oxygens (including phenoxy) is 1. The first-order chi connectivity index (χ1) is 15.6. The highest BCUT2D eigenvalue weighted by Gasteiger charge is 2.47. The molecule has 2 N–H and O–H groups in total. The highest BCUT2D eigenvalue weighted by molar-refractivity contribution is 5.76. The summed E-state index contributed by atoms with van der Waals surface area (Å²) in [7, 11) is 0. The summed E-state index contributed by atoms with van der Waals surface area (Å²) >= 11 is 0. The molecule has 3 amide bonds. The summed E-state index contributed by atoms with van der Waals surface area (Å²) in [5, 5.41) is 5.13. The first kappa shape index (κ1) is 33.1. The summed E-state index contributed by atoms with van der Waals surface area (Å²) in [5.74, 6) is 0. The van der Waals surface area contributed by atoms with Gasteiger partial charge in [0.2, 0.25) is 0 Å². The van der Waals surface area contributed by atoms with Crippen LogP contribution in [0.4, 0.5) is 35.9 Å². The van der Waals surface area contributed by atoms with Crippen molar-refractivity contribution in [1.29, 1.82) is 0 Å². The van der Waals surface area contributed by atoms with Crippen molar-refractivity contribution < 1.29 is 40.7 Å². The molecule has 0 spiro atoms. The maximum absolute atomic E-state index is 12.6. The average Bonchev–Trinajstić information content (AvgIpc) is 3.05. The van der Waals surface area contributed by atoms with E-state index in [0.29, 0.717) is 38.9 Å². The van der Waals surface area contributed by atoms with E-state index in [2.05, 4.69) is 10.6 Å². The van der Waals surface area contributed by atoms with Crippen molar-refractivity contribution in [2.45, 2.75) is 98.5 Å². The van der Waals surface area contributed by atoms with Gasteiger partial charge in [-0.05, 0) is 40.0 Å². The standard InChI is InChI=1S/C14H26F3NO2.C9H15F3N2O/c1-12(2,3)20-11(19)18-10-8-6-7-9-13(4,5)14(15,16)17;1-8(2,9(10,11)12)3-5-14-6-4-13-7(14)15/h6-10H2,1-5H3,(H,18,19);3-6H2,1-2H3,(H,13,15). The summed E-state index contributed by atoms with van der Waals surface area (Å²) < 4.78 is 80.3. The molecule has 0 aromatic rings. The van der Waals surface area contributed by atoms with Gasteiger partial charge in [-0.25, -0.2) is 9.59 Å². The number of rotatable bonds is 9. The van der Waals surface area contributed by atoms with Crippen LogP contribution in [0.15, 0.2) is 0 Å². The SMILES string of the molecule is CC(C)(C)OC(=O)NCCCCCC(C)(C)C(F)(F)F.CC(C)(CCN1CCNC1=O)C(F)(F)F.